The fourth-order valence-corrected chi connectivity index (χ4v) is 4.21. The maximum Gasteiger partial charge on any atom is 0.253 e. The molecule has 4 aromatic rings. The van der Waals surface area contributed by atoms with E-state index in [-0.39, 0.29) is 5.91 Å². The van der Waals surface area contributed by atoms with Crippen molar-refractivity contribution in [1.82, 2.24) is 14.9 Å². The topological polar surface area (TPSA) is 61.4 Å². The average molecular weight is 438 g/mol. The third kappa shape index (κ3) is 4.65. The van der Waals surface area contributed by atoms with Crippen LogP contribution in [0, 0.1) is 13.8 Å². The van der Waals surface area contributed by atoms with E-state index >= 15 is 0 Å². The summed E-state index contributed by atoms with van der Waals surface area (Å²) in [7, 11) is 0. The monoisotopic (exact) mass is 437 g/mol. The first-order valence-electron chi connectivity index (χ1n) is 11.3. The van der Waals surface area contributed by atoms with Gasteiger partial charge in [-0.25, -0.2) is 9.97 Å². The first kappa shape index (κ1) is 20.9. The molecule has 33 heavy (non-hydrogen) atoms. The van der Waals surface area contributed by atoms with Gasteiger partial charge in [-0.1, -0.05) is 48.0 Å². The summed E-state index contributed by atoms with van der Waals surface area (Å²) < 4.78 is 0. The van der Waals surface area contributed by atoms with Gasteiger partial charge in [-0.2, -0.15) is 0 Å². The first-order chi connectivity index (χ1) is 16.0. The molecule has 2 heterocycles. The normalized spacial score (nSPS) is 13.9. The molecule has 6 nitrogen and oxygen atoms in total. The number of nitrogens with zero attached hydrogens (tertiary/aromatic N) is 4. The quantitative estimate of drug-likeness (QED) is 0.489. The fraction of sp³-hybridized carbons (Fsp3) is 0.222. The van der Waals surface area contributed by atoms with Crippen LogP contribution in [0.2, 0.25) is 0 Å². The number of piperazine rings is 1. The lowest BCUT2D eigenvalue weighted by Crippen LogP contribution is -2.49. The molecule has 5 rings (SSSR count). The maximum absolute atomic E-state index is 13.1. The van der Waals surface area contributed by atoms with Crippen molar-refractivity contribution in [3.8, 4) is 0 Å². The largest absolute Gasteiger partial charge is 0.353 e. The standard InChI is InChI=1S/C27H27N5O/c1-19-7-11-24(12-8-19)30-25-18-26(29-20(2)28-25)31-13-15-32(16-14-31)27(33)23-10-9-21-5-3-4-6-22(21)17-23/h3-12,17-18H,13-16H2,1-2H3,(H,28,29,30). The smallest absolute Gasteiger partial charge is 0.253 e. The molecule has 0 bridgehead atoms. The Bertz CT molecular complexity index is 1290. The number of hydrogen-bond donors (Lipinski definition) is 1. The number of carbonyl (C=O) groups is 1. The minimum Gasteiger partial charge on any atom is -0.353 e. The van der Waals surface area contributed by atoms with E-state index in [4.69, 9.17) is 0 Å². The van der Waals surface area contributed by atoms with Gasteiger partial charge < -0.3 is 15.1 Å². The highest BCUT2D eigenvalue weighted by atomic mass is 16.2. The lowest BCUT2D eigenvalue weighted by atomic mass is 10.1. The van der Waals surface area contributed by atoms with E-state index in [1.807, 2.05) is 66.4 Å². The molecule has 0 spiro atoms. The number of carbonyl (C=O) groups excluding carboxylic acids is 1. The molecule has 3 aromatic carbocycles. The second-order valence-corrected chi connectivity index (χ2v) is 8.49. The number of rotatable bonds is 4. The Labute approximate surface area is 193 Å². The summed E-state index contributed by atoms with van der Waals surface area (Å²) >= 11 is 0. The van der Waals surface area contributed by atoms with Gasteiger partial charge in [0.15, 0.2) is 0 Å². The average Bonchev–Trinajstić information content (AvgIpc) is 2.84. The van der Waals surface area contributed by atoms with Crippen molar-refractivity contribution in [1.29, 1.82) is 0 Å². The zero-order valence-corrected chi connectivity index (χ0v) is 19.0. The van der Waals surface area contributed by atoms with Crippen LogP contribution in [-0.2, 0) is 0 Å². The number of nitrogens with one attached hydrogen (secondary N) is 1. The third-order valence-corrected chi connectivity index (χ3v) is 6.04. The molecule has 0 radical (unpaired) electrons. The van der Waals surface area contributed by atoms with Crippen molar-refractivity contribution >= 4 is 34.0 Å². The number of fused-ring (bicyclic) bond motifs is 1. The number of anilines is 3. The van der Waals surface area contributed by atoms with E-state index in [1.165, 1.54) is 5.56 Å². The lowest BCUT2D eigenvalue weighted by molar-refractivity contribution is 0.0746. The van der Waals surface area contributed by atoms with Crippen molar-refractivity contribution in [3.05, 3.63) is 89.7 Å². The van der Waals surface area contributed by atoms with Gasteiger partial charge in [0.25, 0.3) is 5.91 Å². The molecule has 0 saturated carbocycles. The summed E-state index contributed by atoms with van der Waals surface area (Å²) in [6.07, 6.45) is 0. The molecule has 1 aliphatic heterocycles. The Balaban J connectivity index is 1.27. The minimum absolute atomic E-state index is 0.0843. The molecule has 1 N–H and O–H groups in total. The Morgan fingerprint density at radius 3 is 2.30 bits per heavy atom. The summed E-state index contributed by atoms with van der Waals surface area (Å²) in [4.78, 5) is 26.4. The van der Waals surface area contributed by atoms with Crippen LogP contribution >= 0.6 is 0 Å². The van der Waals surface area contributed by atoms with Crippen molar-refractivity contribution in [3.63, 3.8) is 0 Å². The molecule has 166 valence electrons. The van der Waals surface area contributed by atoms with Crippen LogP contribution in [0.25, 0.3) is 10.8 Å². The van der Waals surface area contributed by atoms with Crippen LogP contribution in [0.4, 0.5) is 17.3 Å². The molecule has 0 aliphatic carbocycles. The third-order valence-electron chi connectivity index (χ3n) is 6.04. The highest BCUT2D eigenvalue weighted by molar-refractivity contribution is 5.98. The van der Waals surface area contributed by atoms with Crippen LogP contribution in [0.15, 0.2) is 72.8 Å². The van der Waals surface area contributed by atoms with E-state index in [9.17, 15) is 4.79 Å². The van der Waals surface area contributed by atoms with Gasteiger partial charge in [0.2, 0.25) is 0 Å². The predicted molar refractivity (Wildman–Crippen MR) is 133 cm³/mol. The zero-order valence-electron chi connectivity index (χ0n) is 19.0. The maximum atomic E-state index is 13.1. The second-order valence-electron chi connectivity index (χ2n) is 8.49. The number of hydrogen-bond acceptors (Lipinski definition) is 5. The minimum atomic E-state index is 0.0843. The SMILES string of the molecule is Cc1ccc(Nc2cc(N3CCN(C(=O)c4ccc5ccccc5c4)CC3)nc(C)n2)cc1. The van der Waals surface area contributed by atoms with E-state index in [2.05, 4.69) is 45.3 Å². The molecule has 1 amide bonds. The molecule has 0 unspecified atom stereocenters. The van der Waals surface area contributed by atoms with Gasteiger partial charge >= 0.3 is 0 Å². The van der Waals surface area contributed by atoms with Crippen molar-refractivity contribution < 1.29 is 4.79 Å². The van der Waals surface area contributed by atoms with Gasteiger partial charge in [0.05, 0.1) is 0 Å². The number of amides is 1. The molecule has 6 heteroatoms. The van der Waals surface area contributed by atoms with E-state index in [1.54, 1.807) is 0 Å². The lowest BCUT2D eigenvalue weighted by Gasteiger charge is -2.35. The molecule has 1 fully saturated rings. The van der Waals surface area contributed by atoms with E-state index in [0.29, 0.717) is 13.1 Å². The summed E-state index contributed by atoms with van der Waals surface area (Å²) in [6.45, 7) is 6.77. The first-order valence-corrected chi connectivity index (χ1v) is 11.3. The summed E-state index contributed by atoms with van der Waals surface area (Å²) in [5.74, 6) is 2.46. The van der Waals surface area contributed by atoms with Crippen molar-refractivity contribution in [2.75, 3.05) is 36.4 Å². The van der Waals surface area contributed by atoms with Gasteiger partial charge in [0, 0.05) is 43.5 Å². The molecule has 1 aromatic heterocycles. The van der Waals surface area contributed by atoms with Gasteiger partial charge in [0.1, 0.15) is 17.5 Å². The second kappa shape index (κ2) is 8.90. The number of benzene rings is 3. The van der Waals surface area contributed by atoms with E-state index < -0.39 is 0 Å². The Kier molecular flexibility index (Phi) is 5.65. The summed E-state index contributed by atoms with van der Waals surface area (Å²) in [5, 5.41) is 5.61. The summed E-state index contributed by atoms with van der Waals surface area (Å²) in [5.41, 5.74) is 2.95. The van der Waals surface area contributed by atoms with Crippen LogP contribution in [0.5, 0.6) is 0 Å². The number of aryl methyl sites for hydroxylation is 2. The predicted octanol–water partition coefficient (Wildman–Crippen LogP) is 4.95. The van der Waals surface area contributed by atoms with Crippen molar-refractivity contribution in [2.45, 2.75) is 13.8 Å². The molecule has 1 aliphatic rings. The zero-order chi connectivity index (χ0) is 22.8. The molecule has 1 saturated heterocycles. The van der Waals surface area contributed by atoms with Crippen LogP contribution in [0.3, 0.4) is 0 Å². The Morgan fingerprint density at radius 1 is 0.818 bits per heavy atom. The Hall–Kier alpha value is -3.93. The Morgan fingerprint density at radius 2 is 1.55 bits per heavy atom. The summed E-state index contributed by atoms with van der Waals surface area (Å²) in [6, 6.07) is 24.3. The molecular weight excluding hydrogens is 410 g/mol. The fourth-order valence-electron chi connectivity index (χ4n) is 4.21. The van der Waals surface area contributed by atoms with Crippen LogP contribution in [0.1, 0.15) is 21.7 Å². The van der Waals surface area contributed by atoms with Crippen molar-refractivity contribution in [2.24, 2.45) is 0 Å². The molecular formula is C27H27N5O. The molecule has 0 atom stereocenters. The van der Waals surface area contributed by atoms with Gasteiger partial charge in [-0.05, 0) is 48.9 Å². The van der Waals surface area contributed by atoms with Crippen LogP contribution in [-0.4, -0.2) is 47.0 Å². The van der Waals surface area contributed by atoms with Crippen LogP contribution < -0.4 is 10.2 Å². The van der Waals surface area contributed by atoms with Gasteiger partial charge in [-0.15, -0.1) is 0 Å². The highest BCUT2D eigenvalue weighted by Crippen LogP contribution is 2.22. The van der Waals surface area contributed by atoms with E-state index in [0.717, 1.165) is 52.6 Å². The van der Waals surface area contributed by atoms with Gasteiger partial charge in [-0.3, -0.25) is 4.79 Å². The number of aromatic nitrogens is 2. The highest BCUT2D eigenvalue weighted by Gasteiger charge is 2.23.